The first-order chi connectivity index (χ1) is 25.5. The summed E-state index contributed by atoms with van der Waals surface area (Å²) in [7, 11) is 0. The summed E-state index contributed by atoms with van der Waals surface area (Å²) < 4.78 is 70.4. The van der Waals surface area contributed by atoms with Crippen molar-refractivity contribution in [3.05, 3.63) is 101 Å². The normalized spacial score (nSPS) is 16.6. The third-order valence-electron chi connectivity index (χ3n) is 9.44. The molecule has 1 aliphatic heterocycles. The monoisotopic (exact) mass is 775 g/mol. The first-order valence-electron chi connectivity index (χ1n) is 17.3. The number of carbonyl (C=O) groups excluding carboxylic acids is 2. The molecule has 0 bridgehead atoms. The van der Waals surface area contributed by atoms with Crippen molar-refractivity contribution < 1.29 is 51.3 Å². The van der Waals surface area contributed by atoms with Crippen LogP contribution in [0.25, 0.3) is 21.9 Å². The molecule has 0 aromatic heterocycles. The molecule has 0 unspecified atom stereocenters. The molecule has 1 heterocycles. The Morgan fingerprint density at radius 1 is 0.815 bits per heavy atom. The van der Waals surface area contributed by atoms with Gasteiger partial charge < -0.3 is 30.9 Å². The van der Waals surface area contributed by atoms with Crippen molar-refractivity contribution in [3.63, 3.8) is 0 Å². The summed E-state index contributed by atoms with van der Waals surface area (Å²) in [6.07, 6.45) is -1.38. The average Bonchev–Trinajstić information content (AvgIpc) is 3.66. The number of piperidine rings is 1. The molecule has 0 radical (unpaired) electrons. The van der Waals surface area contributed by atoms with Crippen molar-refractivity contribution in [1.82, 2.24) is 10.2 Å². The summed E-state index contributed by atoms with van der Waals surface area (Å²) in [5.41, 5.74) is 7.22. The van der Waals surface area contributed by atoms with E-state index in [9.17, 15) is 27.9 Å². The number of rotatable bonds is 9. The van der Waals surface area contributed by atoms with Crippen LogP contribution in [0.4, 0.5) is 22.0 Å². The fourth-order valence-corrected chi connectivity index (χ4v) is 6.49. The zero-order valence-electron chi connectivity index (χ0n) is 28.9. The minimum atomic E-state index is -5.08. The molecule has 54 heavy (non-hydrogen) atoms. The van der Waals surface area contributed by atoms with E-state index in [1.807, 2.05) is 18.2 Å². The number of aliphatic hydroxyl groups excluding tert-OH is 1. The van der Waals surface area contributed by atoms with E-state index in [1.54, 1.807) is 42.5 Å². The number of hydrogen-bond donors (Lipinski definition) is 4. The van der Waals surface area contributed by atoms with E-state index in [0.29, 0.717) is 23.4 Å². The number of fused-ring (bicyclic) bond motifs is 1. The summed E-state index contributed by atoms with van der Waals surface area (Å²) in [4.78, 5) is 37.3. The van der Waals surface area contributed by atoms with Crippen LogP contribution in [-0.2, 0) is 20.3 Å². The summed E-state index contributed by atoms with van der Waals surface area (Å²) >= 11 is 5.98. The van der Waals surface area contributed by atoms with Gasteiger partial charge >= 0.3 is 18.1 Å². The van der Waals surface area contributed by atoms with Crippen LogP contribution in [0.3, 0.4) is 0 Å². The van der Waals surface area contributed by atoms with Gasteiger partial charge in [0.05, 0.1) is 6.10 Å². The number of benzene rings is 4. The minimum absolute atomic E-state index is 0.131. The quantitative estimate of drug-likeness (QED) is 0.130. The second-order valence-corrected chi connectivity index (χ2v) is 13.7. The molecule has 5 N–H and O–H groups in total. The van der Waals surface area contributed by atoms with Gasteiger partial charge in [0, 0.05) is 29.7 Å². The molecule has 288 valence electrons. The van der Waals surface area contributed by atoms with Crippen LogP contribution in [-0.4, -0.2) is 70.4 Å². The number of likely N-dealkylation sites (tertiary alicyclic amines) is 1. The largest absolute Gasteiger partial charge is 0.490 e. The lowest BCUT2D eigenvalue weighted by atomic mass is 9.95. The Bertz CT molecular complexity index is 1930. The predicted octanol–water partition coefficient (Wildman–Crippen LogP) is 7.37. The highest BCUT2D eigenvalue weighted by molar-refractivity contribution is 6.30. The van der Waals surface area contributed by atoms with Crippen LogP contribution >= 0.6 is 11.6 Å². The molecule has 0 spiro atoms. The Kier molecular flexibility index (Phi) is 12.8. The van der Waals surface area contributed by atoms with Gasteiger partial charge in [0.2, 0.25) is 0 Å². The van der Waals surface area contributed by atoms with Crippen molar-refractivity contribution in [3.8, 4) is 16.9 Å². The number of carbonyl (C=O) groups is 3. The maximum Gasteiger partial charge on any atom is 0.490 e. The maximum atomic E-state index is 16.3. The van der Waals surface area contributed by atoms with Gasteiger partial charge in [0.15, 0.2) is 12.1 Å². The number of nitrogens with two attached hydrogens (primary N) is 1. The van der Waals surface area contributed by atoms with Gasteiger partial charge in [0.1, 0.15) is 5.75 Å². The van der Waals surface area contributed by atoms with E-state index < -0.39 is 47.6 Å². The lowest BCUT2D eigenvalue weighted by Crippen LogP contribution is -2.58. The van der Waals surface area contributed by atoms with Crippen molar-refractivity contribution in [1.29, 1.82) is 0 Å². The number of aliphatic hydroxyl groups is 1. The highest BCUT2D eigenvalue weighted by Crippen LogP contribution is 2.36. The summed E-state index contributed by atoms with van der Waals surface area (Å²) in [5.74, 6) is -7.84. The molecular formula is C39H39ClF5N3O6. The highest BCUT2D eigenvalue weighted by Gasteiger charge is 2.49. The molecule has 1 saturated heterocycles. The van der Waals surface area contributed by atoms with E-state index in [-0.39, 0.29) is 30.8 Å². The zero-order valence-corrected chi connectivity index (χ0v) is 29.6. The summed E-state index contributed by atoms with van der Waals surface area (Å²) in [6.45, 7) is 0.384. The SMILES string of the molecule is NC1CCN(C(=O)[C@H](NC(=O)[C@H](O)c2ccc3cc(OC4CCCC4)ccc3c2)C(F)(F)c2ccc(-c3ccc(Cl)cc3)cc2)CC1.O=C(O)C(F)(F)F. The number of carboxylic acid groups (broad SMARTS) is 1. The van der Waals surface area contributed by atoms with Gasteiger partial charge in [-0.05, 0) is 96.3 Å². The van der Waals surface area contributed by atoms with Crippen molar-refractivity contribution >= 4 is 40.2 Å². The zero-order chi connectivity index (χ0) is 39.2. The fraction of sp³-hybridized carbons (Fsp3) is 0.359. The van der Waals surface area contributed by atoms with Gasteiger partial charge in [0.25, 0.3) is 11.8 Å². The molecule has 4 aromatic carbocycles. The van der Waals surface area contributed by atoms with E-state index in [2.05, 4.69) is 5.32 Å². The van der Waals surface area contributed by atoms with Crippen molar-refractivity contribution in [2.24, 2.45) is 5.73 Å². The number of alkyl halides is 5. The number of carboxylic acids is 1. The molecule has 1 aliphatic carbocycles. The second kappa shape index (κ2) is 17.1. The molecule has 2 amide bonds. The lowest BCUT2D eigenvalue weighted by molar-refractivity contribution is -0.192. The Labute approximate surface area is 312 Å². The smallest absolute Gasteiger partial charge is 0.490 e. The molecule has 15 heteroatoms. The Hall–Kier alpha value is -4.79. The topological polar surface area (TPSA) is 142 Å². The van der Waals surface area contributed by atoms with E-state index >= 15 is 8.78 Å². The number of amides is 2. The van der Waals surface area contributed by atoms with Gasteiger partial charge in [-0.1, -0.05) is 66.2 Å². The molecule has 2 aliphatic rings. The molecule has 2 atom stereocenters. The van der Waals surface area contributed by atoms with Crippen molar-refractivity contribution in [2.75, 3.05) is 13.1 Å². The second-order valence-electron chi connectivity index (χ2n) is 13.3. The standard InChI is InChI=1S/C37H38ClF2N3O4.C2HF3O2/c38-29-14-9-24(10-15-29)23-7-12-28(13-8-23)37(39,40)34(36(46)43-19-17-30(41)18-20-43)42-35(45)33(44)27-6-5-26-22-32(16-11-25(26)21-27)47-31-3-1-2-4-31;3-2(4,5)1(6)7/h5-16,21-22,30-31,33-34,44H,1-4,17-20,41H2,(H,42,45);(H,6,7)/t33-,34+;/m1./s1. The number of nitrogens with zero attached hydrogens (tertiary/aromatic N) is 1. The first kappa shape index (κ1) is 40.4. The molecular weight excluding hydrogens is 737 g/mol. The molecule has 6 rings (SSSR count). The highest BCUT2D eigenvalue weighted by atomic mass is 35.5. The number of aliphatic carboxylic acids is 1. The van der Waals surface area contributed by atoms with Crippen LogP contribution in [0.2, 0.25) is 5.02 Å². The maximum absolute atomic E-state index is 16.3. The van der Waals surface area contributed by atoms with Crippen LogP contribution < -0.4 is 15.8 Å². The molecule has 9 nitrogen and oxygen atoms in total. The van der Waals surface area contributed by atoms with Gasteiger partial charge in [-0.3, -0.25) is 9.59 Å². The Morgan fingerprint density at radius 3 is 1.93 bits per heavy atom. The Balaban J connectivity index is 0.000000730. The van der Waals surface area contributed by atoms with Crippen LogP contribution in [0, 0.1) is 0 Å². The number of nitrogens with one attached hydrogen (secondary N) is 1. The average molecular weight is 776 g/mol. The third-order valence-corrected chi connectivity index (χ3v) is 9.69. The van der Waals surface area contributed by atoms with Crippen LogP contribution in [0.5, 0.6) is 5.75 Å². The van der Waals surface area contributed by atoms with Crippen molar-refractivity contribution in [2.45, 2.75) is 74.9 Å². The molecule has 1 saturated carbocycles. The summed E-state index contributed by atoms with van der Waals surface area (Å²) in [6, 6.07) is 20.7. The van der Waals surface area contributed by atoms with Gasteiger partial charge in [-0.2, -0.15) is 22.0 Å². The number of hydrogen-bond acceptors (Lipinski definition) is 6. The first-order valence-corrected chi connectivity index (χ1v) is 17.7. The van der Waals surface area contributed by atoms with Crippen LogP contribution in [0.1, 0.15) is 55.8 Å². The Morgan fingerprint density at radius 2 is 1.35 bits per heavy atom. The molecule has 4 aromatic rings. The van der Waals surface area contributed by atoms with Gasteiger partial charge in [-0.15, -0.1) is 0 Å². The predicted molar refractivity (Wildman–Crippen MR) is 192 cm³/mol. The number of halogens is 6. The third kappa shape index (κ3) is 10.0. The van der Waals surface area contributed by atoms with E-state index in [4.69, 9.17) is 32.0 Å². The number of ether oxygens (including phenoxy) is 1. The summed E-state index contributed by atoms with van der Waals surface area (Å²) in [5, 5.41) is 22.5. The minimum Gasteiger partial charge on any atom is -0.490 e. The van der Waals surface area contributed by atoms with Crippen LogP contribution in [0.15, 0.2) is 84.9 Å². The fourth-order valence-electron chi connectivity index (χ4n) is 6.36. The van der Waals surface area contributed by atoms with Gasteiger partial charge in [-0.25, -0.2) is 4.79 Å². The van der Waals surface area contributed by atoms with E-state index in [0.717, 1.165) is 47.8 Å². The lowest BCUT2D eigenvalue weighted by Gasteiger charge is -2.36. The molecule has 2 fully saturated rings. The van der Waals surface area contributed by atoms with E-state index in [1.165, 1.54) is 29.2 Å².